The van der Waals surface area contributed by atoms with Crippen LogP contribution < -0.4 is 19.7 Å². The van der Waals surface area contributed by atoms with Crippen molar-refractivity contribution in [2.24, 2.45) is 0 Å². The molecule has 1 fully saturated rings. The first-order valence-electron chi connectivity index (χ1n) is 8.01. The Labute approximate surface area is 146 Å². The fourth-order valence-corrected chi connectivity index (χ4v) is 2.99. The Bertz CT molecular complexity index is 776. The molecule has 0 aliphatic carbocycles. The van der Waals surface area contributed by atoms with E-state index in [1.807, 2.05) is 30.3 Å². The fraction of sp³-hybridized carbons (Fsp3) is 0.263. The van der Waals surface area contributed by atoms with Crippen LogP contribution >= 0.6 is 0 Å². The number of methoxy groups -OCH3 is 2. The molecule has 6 nitrogen and oxygen atoms in total. The van der Waals surface area contributed by atoms with Crippen molar-refractivity contribution >= 4 is 17.5 Å². The lowest BCUT2D eigenvalue weighted by molar-refractivity contribution is -0.117. The largest absolute Gasteiger partial charge is 0.493 e. The molecule has 130 valence electrons. The van der Waals surface area contributed by atoms with Crippen LogP contribution in [0.15, 0.2) is 48.5 Å². The molecule has 1 unspecified atom stereocenters. The van der Waals surface area contributed by atoms with Crippen LogP contribution in [-0.2, 0) is 4.79 Å². The predicted molar refractivity (Wildman–Crippen MR) is 94.2 cm³/mol. The maximum absolute atomic E-state index is 12.6. The zero-order valence-corrected chi connectivity index (χ0v) is 14.2. The third-order valence-corrected chi connectivity index (χ3v) is 4.18. The number of para-hydroxylation sites is 2. The molecule has 0 aromatic heterocycles. The average molecular weight is 340 g/mol. The molecule has 1 aliphatic rings. The molecule has 1 aliphatic heterocycles. The molecule has 2 aromatic rings. The van der Waals surface area contributed by atoms with Crippen molar-refractivity contribution in [3.8, 4) is 11.5 Å². The zero-order valence-electron chi connectivity index (χ0n) is 14.2. The van der Waals surface area contributed by atoms with Gasteiger partial charge in [0, 0.05) is 18.7 Å². The van der Waals surface area contributed by atoms with Gasteiger partial charge in [-0.1, -0.05) is 24.3 Å². The van der Waals surface area contributed by atoms with Crippen LogP contribution in [0.2, 0.25) is 0 Å². The summed E-state index contributed by atoms with van der Waals surface area (Å²) in [6, 6.07) is 14.3. The number of amides is 2. The van der Waals surface area contributed by atoms with Gasteiger partial charge in [0.15, 0.2) is 11.5 Å². The lowest BCUT2D eigenvalue weighted by Gasteiger charge is -2.18. The number of carbonyl (C=O) groups excluding carboxylic acids is 2. The summed E-state index contributed by atoms with van der Waals surface area (Å²) in [6.45, 7) is 0.445. The van der Waals surface area contributed by atoms with Gasteiger partial charge in [-0.3, -0.25) is 9.59 Å². The second kappa shape index (κ2) is 7.25. The van der Waals surface area contributed by atoms with Gasteiger partial charge in [0.1, 0.15) is 0 Å². The van der Waals surface area contributed by atoms with Crippen LogP contribution in [-0.4, -0.2) is 38.6 Å². The summed E-state index contributed by atoms with van der Waals surface area (Å²) >= 11 is 0. The molecule has 1 saturated heterocycles. The highest BCUT2D eigenvalue weighted by Crippen LogP contribution is 2.31. The Kier molecular flexibility index (Phi) is 4.88. The first-order valence-corrected chi connectivity index (χ1v) is 8.01. The number of ether oxygens (including phenoxy) is 2. The van der Waals surface area contributed by atoms with Gasteiger partial charge in [-0.25, -0.2) is 0 Å². The number of benzene rings is 2. The smallest absolute Gasteiger partial charge is 0.255 e. The van der Waals surface area contributed by atoms with Gasteiger partial charge in [0.2, 0.25) is 5.91 Å². The Balaban J connectivity index is 1.74. The maximum Gasteiger partial charge on any atom is 0.255 e. The van der Waals surface area contributed by atoms with E-state index < -0.39 is 0 Å². The SMILES string of the molecule is COc1cccc(C(=O)NC2CC(=O)N(c3ccccc3)C2)c1OC. The van der Waals surface area contributed by atoms with E-state index in [1.165, 1.54) is 14.2 Å². The maximum atomic E-state index is 12.6. The highest BCUT2D eigenvalue weighted by molar-refractivity contribution is 6.00. The molecular formula is C19H20N2O4. The molecule has 1 N–H and O–H groups in total. The van der Waals surface area contributed by atoms with Gasteiger partial charge < -0.3 is 19.7 Å². The van der Waals surface area contributed by atoms with E-state index in [0.29, 0.717) is 23.6 Å². The summed E-state index contributed by atoms with van der Waals surface area (Å²) in [5.74, 6) is 0.577. The second-order valence-corrected chi connectivity index (χ2v) is 5.76. The van der Waals surface area contributed by atoms with E-state index in [0.717, 1.165) is 5.69 Å². The van der Waals surface area contributed by atoms with Gasteiger partial charge in [-0.05, 0) is 24.3 Å². The number of hydrogen-bond donors (Lipinski definition) is 1. The molecule has 1 heterocycles. The van der Waals surface area contributed by atoms with Crippen molar-refractivity contribution < 1.29 is 19.1 Å². The van der Waals surface area contributed by atoms with Crippen molar-refractivity contribution in [1.29, 1.82) is 0 Å². The lowest BCUT2D eigenvalue weighted by atomic mass is 10.1. The minimum atomic E-state index is -0.288. The number of rotatable bonds is 5. The monoisotopic (exact) mass is 340 g/mol. The minimum Gasteiger partial charge on any atom is -0.493 e. The standard InChI is InChI=1S/C19H20N2O4/c1-24-16-10-6-9-15(18(16)25-2)19(23)20-13-11-17(22)21(12-13)14-7-4-3-5-8-14/h3-10,13H,11-12H2,1-2H3,(H,20,23). The van der Waals surface area contributed by atoms with Crippen molar-refractivity contribution in [2.75, 3.05) is 25.7 Å². The molecule has 0 radical (unpaired) electrons. The van der Waals surface area contributed by atoms with E-state index in [9.17, 15) is 9.59 Å². The highest BCUT2D eigenvalue weighted by atomic mass is 16.5. The molecular weight excluding hydrogens is 320 g/mol. The Hall–Kier alpha value is -3.02. The zero-order chi connectivity index (χ0) is 17.8. The van der Waals surface area contributed by atoms with Gasteiger partial charge >= 0.3 is 0 Å². The first-order chi connectivity index (χ1) is 12.1. The summed E-state index contributed by atoms with van der Waals surface area (Å²) in [5, 5.41) is 2.91. The molecule has 0 saturated carbocycles. The molecule has 1 atom stereocenters. The van der Waals surface area contributed by atoms with Gasteiger partial charge in [-0.15, -0.1) is 0 Å². The first kappa shape index (κ1) is 16.8. The second-order valence-electron chi connectivity index (χ2n) is 5.76. The number of anilines is 1. The quantitative estimate of drug-likeness (QED) is 0.906. The van der Waals surface area contributed by atoms with E-state index >= 15 is 0 Å². The summed E-state index contributed by atoms with van der Waals surface area (Å²) in [5.41, 5.74) is 1.22. The minimum absolute atomic E-state index is 0.00546. The molecule has 0 spiro atoms. The van der Waals surface area contributed by atoms with Crippen LogP contribution in [0.4, 0.5) is 5.69 Å². The van der Waals surface area contributed by atoms with Crippen LogP contribution in [0.25, 0.3) is 0 Å². The average Bonchev–Trinajstić information content (AvgIpc) is 3.01. The summed E-state index contributed by atoms with van der Waals surface area (Å²) in [4.78, 5) is 26.6. The molecule has 2 amide bonds. The van der Waals surface area contributed by atoms with Gasteiger partial charge in [-0.2, -0.15) is 0 Å². The summed E-state index contributed by atoms with van der Waals surface area (Å²) in [7, 11) is 3.01. The van der Waals surface area contributed by atoms with Crippen LogP contribution in [0.5, 0.6) is 11.5 Å². The van der Waals surface area contributed by atoms with Crippen LogP contribution in [0, 0.1) is 0 Å². The Morgan fingerprint density at radius 2 is 1.84 bits per heavy atom. The van der Waals surface area contributed by atoms with E-state index in [1.54, 1.807) is 23.1 Å². The van der Waals surface area contributed by atoms with Crippen molar-refractivity contribution in [2.45, 2.75) is 12.5 Å². The number of nitrogens with one attached hydrogen (secondary N) is 1. The third kappa shape index (κ3) is 3.42. The predicted octanol–water partition coefficient (Wildman–Crippen LogP) is 2.24. The van der Waals surface area contributed by atoms with Crippen LogP contribution in [0.3, 0.4) is 0 Å². The van der Waals surface area contributed by atoms with Gasteiger partial charge in [0.25, 0.3) is 5.91 Å². The normalized spacial score (nSPS) is 16.6. The number of carbonyl (C=O) groups is 2. The fourth-order valence-electron chi connectivity index (χ4n) is 2.99. The molecule has 3 rings (SSSR count). The van der Waals surface area contributed by atoms with E-state index in [-0.39, 0.29) is 24.3 Å². The van der Waals surface area contributed by atoms with Gasteiger partial charge in [0.05, 0.1) is 25.8 Å². The third-order valence-electron chi connectivity index (χ3n) is 4.18. The van der Waals surface area contributed by atoms with Crippen molar-refractivity contribution in [3.63, 3.8) is 0 Å². The Morgan fingerprint density at radius 3 is 2.52 bits per heavy atom. The molecule has 25 heavy (non-hydrogen) atoms. The highest BCUT2D eigenvalue weighted by Gasteiger charge is 2.32. The molecule has 6 heteroatoms. The number of nitrogens with zero attached hydrogens (tertiary/aromatic N) is 1. The van der Waals surface area contributed by atoms with Crippen molar-refractivity contribution in [3.05, 3.63) is 54.1 Å². The summed E-state index contributed by atoms with van der Waals surface area (Å²) in [6.07, 6.45) is 0.271. The molecule has 0 bridgehead atoms. The van der Waals surface area contributed by atoms with E-state index in [2.05, 4.69) is 5.32 Å². The summed E-state index contributed by atoms with van der Waals surface area (Å²) < 4.78 is 10.5. The number of hydrogen-bond acceptors (Lipinski definition) is 4. The van der Waals surface area contributed by atoms with Crippen LogP contribution in [0.1, 0.15) is 16.8 Å². The molecule has 2 aromatic carbocycles. The van der Waals surface area contributed by atoms with Crippen molar-refractivity contribution in [1.82, 2.24) is 5.32 Å². The Morgan fingerprint density at radius 1 is 1.08 bits per heavy atom. The topological polar surface area (TPSA) is 67.9 Å². The van der Waals surface area contributed by atoms with E-state index in [4.69, 9.17) is 9.47 Å². The lowest BCUT2D eigenvalue weighted by Crippen LogP contribution is -2.37.